The summed E-state index contributed by atoms with van der Waals surface area (Å²) in [6, 6.07) is 0. The molecule has 0 aliphatic rings. The lowest BCUT2D eigenvalue weighted by atomic mass is 9.74. The van der Waals surface area contributed by atoms with Gasteiger partial charge >= 0.3 is 11.9 Å². The van der Waals surface area contributed by atoms with E-state index in [1.807, 2.05) is 43.4 Å². The molecule has 6 nitrogen and oxygen atoms in total. The summed E-state index contributed by atoms with van der Waals surface area (Å²) in [5.41, 5.74) is 0.389. The van der Waals surface area contributed by atoms with Crippen molar-refractivity contribution in [2.45, 2.75) is 53.6 Å². The van der Waals surface area contributed by atoms with Crippen molar-refractivity contribution in [1.29, 1.82) is 0 Å². The average molecular weight is 634 g/mol. The molecule has 0 amide bonds. The number of allylic oxidation sites excluding steroid dienone is 7. The van der Waals surface area contributed by atoms with Crippen molar-refractivity contribution in [3.63, 3.8) is 0 Å². The van der Waals surface area contributed by atoms with Gasteiger partial charge in [-0.1, -0.05) is 92.2 Å². The molecule has 0 saturated heterocycles. The van der Waals surface area contributed by atoms with Gasteiger partial charge in [0.05, 0.1) is 12.1 Å². The van der Waals surface area contributed by atoms with Crippen LogP contribution in [0.4, 0.5) is 0 Å². The van der Waals surface area contributed by atoms with Crippen LogP contribution in [-0.2, 0) is 15.9 Å². The third-order valence-corrected chi connectivity index (χ3v) is 8.32. The van der Waals surface area contributed by atoms with Crippen LogP contribution in [0.25, 0.3) is 6.08 Å². The highest BCUT2D eigenvalue weighted by Gasteiger charge is 2.36. The van der Waals surface area contributed by atoms with E-state index in [0.717, 1.165) is 16.4 Å². The number of thiazole rings is 2. The van der Waals surface area contributed by atoms with Crippen LogP contribution in [0.5, 0.6) is 0 Å². The summed E-state index contributed by atoms with van der Waals surface area (Å²) in [7, 11) is 1.35. The molecule has 0 N–H and O–H groups in total. The smallest absolute Gasteiger partial charge is 0.358 e. The minimum absolute atomic E-state index is 0.206. The molecule has 0 spiro atoms. The predicted octanol–water partition coefficient (Wildman–Crippen LogP) is 8.45. The second kappa shape index (κ2) is 16.5. The van der Waals surface area contributed by atoms with E-state index in [9.17, 15) is 9.59 Å². The molecular formula is C30H37BrN2O4S2. The summed E-state index contributed by atoms with van der Waals surface area (Å²) in [5.74, 6) is -0.347. The Morgan fingerprint density at radius 3 is 2.41 bits per heavy atom. The number of hydrogen-bond donors (Lipinski definition) is 0. The Labute approximate surface area is 248 Å². The van der Waals surface area contributed by atoms with Gasteiger partial charge in [0.15, 0.2) is 11.4 Å². The Morgan fingerprint density at radius 2 is 1.72 bits per heavy atom. The highest BCUT2D eigenvalue weighted by Crippen LogP contribution is 2.36. The molecule has 2 aromatic heterocycles. The normalized spacial score (nSPS) is 15.2. The second-order valence-electron chi connectivity index (χ2n) is 9.63. The van der Waals surface area contributed by atoms with Crippen LogP contribution in [0.3, 0.4) is 0 Å². The summed E-state index contributed by atoms with van der Waals surface area (Å²) >= 11 is 6.10. The van der Waals surface area contributed by atoms with Crippen LogP contribution >= 0.6 is 38.6 Å². The minimum Gasteiger partial charge on any atom is -0.464 e. The van der Waals surface area contributed by atoms with Gasteiger partial charge in [-0.25, -0.2) is 19.6 Å². The number of methoxy groups -OCH3 is 1. The number of hydrogen-bond acceptors (Lipinski definition) is 8. The summed E-state index contributed by atoms with van der Waals surface area (Å²) in [6.07, 6.45) is 19.0. The average Bonchev–Trinajstić information content (AvgIpc) is 3.57. The lowest BCUT2D eigenvalue weighted by Crippen LogP contribution is -2.38. The van der Waals surface area contributed by atoms with Crippen molar-refractivity contribution < 1.29 is 19.1 Å². The van der Waals surface area contributed by atoms with Crippen molar-refractivity contribution in [1.82, 2.24) is 9.97 Å². The molecule has 2 rings (SSSR count). The van der Waals surface area contributed by atoms with Crippen LogP contribution in [0, 0.1) is 17.3 Å². The van der Waals surface area contributed by atoms with Crippen LogP contribution in [0.1, 0.15) is 72.0 Å². The van der Waals surface area contributed by atoms with Gasteiger partial charge in [-0.2, -0.15) is 0 Å². The number of carbonyl (C=O) groups is 2. The fraction of sp³-hybridized carbons (Fsp3) is 0.400. The van der Waals surface area contributed by atoms with E-state index in [4.69, 9.17) is 9.47 Å². The van der Waals surface area contributed by atoms with Gasteiger partial charge in [0.25, 0.3) is 0 Å². The van der Waals surface area contributed by atoms with Crippen molar-refractivity contribution >= 4 is 56.6 Å². The Kier molecular flexibility index (Phi) is 13.8. The molecule has 0 aliphatic carbocycles. The monoisotopic (exact) mass is 632 g/mol. The van der Waals surface area contributed by atoms with Crippen molar-refractivity contribution in [2.24, 2.45) is 17.3 Å². The van der Waals surface area contributed by atoms with Gasteiger partial charge < -0.3 is 9.47 Å². The van der Waals surface area contributed by atoms with E-state index < -0.39 is 11.9 Å². The number of aromatic nitrogens is 2. The first-order valence-corrected chi connectivity index (χ1v) is 15.4. The zero-order valence-electron chi connectivity index (χ0n) is 23.3. The molecule has 210 valence electrons. The molecular weight excluding hydrogens is 596 g/mol. The third-order valence-electron chi connectivity index (χ3n) is 6.37. The summed E-state index contributed by atoms with van der Waals surface area (Å²) in [6.45, 7) is 10.5. The van der Waals surface area contributed by atoms with E-state index >= 15 is 0 Å². The van der Waals surface area contributed by atoms with E-state index in [0.29, 0.717) is 17.8 Å². The number of rotatable bonds is 14. The third kappa shape index (κ3) is 10.5. The predicted molar refractivity (Wildman–Crippen MR) is 165 cm³/mol. The Balaban J connectivity index is 1.99. The molecule has 0 aromatic carbocycles. The topological polar surface area (TPSA) is 78.4 Å². The first-order chi connectivity index (χ1) is 18.6. The molecule has 0 radical (unpaired) electrons. The fourth-order valence-corrected chi connectivity index (χ4v) is 5.66. The minimum atomic E-state index is -0.411. The molecule has 39 heavy (non-hydrogen) atoms. The van der Waals surface area contributed by atoms with E-state index in [-0.39, 0.29) is 23.4 Å². The number of esters is 2. The molecule has 9 heteroatoms. The van der Waals surface area contributed by atoms with Gasteiger partial charge in [-0.3, -0.25) is 0 Å². The molecule has 0 bridgehead atoms. The zero-order chi connectivity index (χ0) is 28.8. The van der Waals surface area contributed by atoms with Crippen molar-refractivity contribution in [3.05, 3.63) is 85.8 Å². The fourth-order valence-electron chi connectivity index (χ4n) is 3.64. The first-order valence-electron chi connectivity index (χ1n) is 12.7. The molecule has 0 unspecified atom stereocenters. The Bertz CT molecular complexity index is 1220. The maximum Gasteiger partial charge on any atom is 0.358 e. The lowest BCUT2D eigenvalue weighted by molar-refractivity contribution is -0.0183. The highest BCUT2D eigenvalue weighted by molar-refractivity contribution is 9.11. The van der Waals surface area contributed by atoms with Gasteiger partial charge in [-0.15, -0.1) is 22.7 Å². The molecule has 0 fully saturated rings. The quantitative estimate of drug-likeness (QED) is 0.118. The Hall–Kier alpha value is -2.62. The lowest BCUT2D eigenvalue weighted by Gasteiger charge is -2.37. The van der Waals surface area contributed by atoms with E-state index in [1.54, 1.807) is 21.8 Å². The molecule has 0 aliphatic heterocycles. The van der Waals surface area contributed by atoms with Crippen LogP contribution < -0.4 is 0 Å². The Morgan fingerprint density at radius 1 is 1.03 bits per heavy atom. The SMILES string of the molecule is C/C=C/[C@H](C)C(C)(C)[C@H](C\C=C/C=C\C=C\[C@H](C)Cc1nc(C(=O)OC)cs1)OC(=O)c1csc(/C=C\Br)n1. The van der Waals surface area contributed by atoms with Crippen molar-refractivity contribution in [2.75, 3.05) is 7.11 Å². The number of carbonyl (C=O) groups excluding carboxylic acids is 2. The van der Waals surface area contributed by atoms with Crippen LogP contribution in [-0.4, -0.2) is 35.1 Å². The molecule has 2 aromatic rings. The number of halogens is 1. The molecule has 2 heterocycles. The highest BCUT2D eigenvalue weighted by atomic mass is 79.9. The van der Waals surface area contributed by atoms with Crippen LogP contribution in [0.15, 0.2) is 64.4 Å². The number of ether oxygens (including phenoxy) is 2. The van der Waals surface area contributed by atoms with Gasteiger partial charge in [0.2, 0.25) is 0 Å². The summed E-state index contributed by atoms with van der Waals surface area (Å²) in [5, 5.41) is 5.09. The summed E-state index contributed by atoms with van der Waals surface area (Å²) in [4.78, 5) is 34.9. The van der Waals surface area contributed by atoms with Gasteiger partial charge in [-0.05, 0) is 29.8 Å². The van der Waals surface area contributed by atoms with Crippen molar-refractivity contribution in [3.8, 4) is 0 Å². The molecule has 0 saturated carbocycles. The largest absolute Gasteiger partial charge is 0.464 e. The van der Waals surface area contributed by atoms with E-state index in [2.05, 4.69) is 65.7 Å². The standard InChI is InChI=1S/C30H37BrN2O4S2/c1-7-13-22(3)30(4,5)25(37-29(35)24-20-38-26(32-24)16-17-31)15-12-10-8-9-11-14-21(2)18-27-33-23(19-39-27)28(34)36-6/h7-14,16-17,19-22,25H,15,18H2,1-6H3/b9-8-,12-10-,13-7+,14-11+,17-16-/t21-,22-,25-/m0/s1. The number of nitrogens with zero attached hydrogens (tertiary/aromatic N) is 2. The summed E-state index contributed by atoms with van der Waals surface area (Å²) < 4.78 is 10.7. The van der Waals surface area contributed by atoms with Crippen LogP contribution in [0.2, 0.25) is 0 Å². The zero-order valence-corrected chi connectivity index (χ0v) is 26.5. The second-order valence-corrected chi connectivity index (χ2v) is 12.0. The maximum atomic E-state index is 12.9. The van der Waals surface area contributed by atoms with Gasteiger partial charge in [0.1, 0.15) is 11.1 Å². The maximum absolute atomic E-state index is 12.9. The van der Waals surface area contributed by atoms with E-state index in [1.165, 1.54) is 29.8 Å². The van der Waals surface area contributed by atoms with Gasteiger partial charge in [0, 0.05) is 29.0 Å². The first kappa shape index (κ1) is 32.6. The molecule has 3 atom stereocenters.